The Balaban J connectivity index is 1.66. The molecule has 5 nitrogen and oxygen atoms in total. The monoisotopic (exact) mass is 380 g/mol. The number of likely N-dealkylation sites (tertiary alicyclic amines) is 1. The van der Waals surface area contributed by atoms with Crippen LogP contribution in [0, 0.1) is 0 Å². The number of nitrogens with one attached hydrogen (secondary N) is 1. The van der Waals surface area contributed by atoms with Gasteiger partial charge >= 0.3 is 0 Å². The quantitative estimate of drug-likeness (QED) is 0.802. The van der Waals surface area contributed by atoms with Crippen LogP contribution in [0.4, 0.5) is 0 Å². The Hall–Kier alpha value is -2.82. The molecule has 1 unspecified atom stereocenters. The van der Waals surface area contributed by atoms with Crippen LogP contribution in [-0.2, 0) is 22.6 Å². The van der Waals surface area contributed by atoms with Gasteiger partial charge in [0.05, 0.1) is 7.11 Å². The molecule has 5 heteroatoms. The summed E-state index contributed by atoms with van der Waals surface area (Å²) >= 11 is 0. The third kappa shape index (κ3) is 5.35. The summed E-state index contributed by atoms with van der Waals surface area (Å²) in [4.78, 5) is 27.3. The Kier molecular flexibility index (Phi) is 7.06. The predicted molar refractivity (Wildman–Crippen MR) is 109 cm³/mol. The highest BCUT2D eigenvalue weighted by molar-refractivity contribution is 5.88. The van der Waals surface area contributed by atoms with Crippen molar-refractivity contribution in [1.82, 2.24) is 10.2 Å². The molecule has 1 saturated heterocycles. The van der Waals surface area contributed by atoms with Crippen molar-refractivity contribution in [3.05, 3.63) is 65.7 Å². The summed E-state index contributed by atoms with van der Waals surface area (Å²) in [5.74, 6) is 0.737. The second-order valence-electron chi connectivity index (χ2n) is 7.16. The average molecular weight is 380 g/mol. The van der Waals surface area contributed by atoms with E-state index < -0.39 is 6.04 Å². The molecule has 2 aromatic rings. The van der Waals surface area contributed by atoms with Crippen molar-refractivity contribution in [2.75, 3.05) is 13.7 Å². The molecular formula is C23H28N2O3. The highest BCUT2D eigenvalue weighted by atomic mass is 16.5. The summed E-state index contributed by atoms with van der Waals surface area (Å²) in [6.45, 7) is 0.993. The van der Waals surface area contributed by atoms with E-state index in [1.165, 1.54) is 5.56 Å². The minimum Gasteiger partial charge on any atom is -0.497 e. The van der Waals surface area contributed by atoms with Crippen molar-refractivity contribution in [3.8, 4) is 5.75 Å². The van der Waals surface area contributed by atoms with Gasteiger partial charge < -0.3 is 15.0 Å². The fraction of sp³-hybridized carbons (Fsp3) is 0.391. The number of amides is 2. The highest BCUT2D eigenvalue weighted by Crippen LogP contribution is 2.22. The van der Waals surface area contributed by atoms with Crippen molar-refractivity contribution in [2.24, 2.45) is 0 Å². The lowest BCUT2D eigenvalue weighted by Gasteiger charge is -2.29. The van der Waals surface area contributed by atoms with Crippen LogP contribution < -0.4 is 10.1 Å². The predicted octanol–water partition coefficient (Wildman–Crippen LogP) is 3.33. The van der Waals surface area contributed by atoms with Gasteiger partial charge in [-0.25, -0.2) is 0 Å². The molecule has 0 radical (unpaired) electrons. The number of methoxy groups -OCH3 is 1. The lowest BCUT2D eigenvalue weighted by molar-refractivity contribution is -0.140. The van der Waals surface area contributed by atoms with Crippen molar-refractivity contribution >= 4 is 11.8 Å². The van der Waals surface area contributed by atoms with Crippen LogP contribution >= 0.6 is 0 Å². The number of hydrogen-bond donors (Lipinski definition) is 1. The average Bonchev–Trinajstić information content (AvgIpc) is 2.90. The smallest absolute Gasteiger partial charge is 0.242 e. The van der Waals surface area contributed by atoms with E-state index in [4.69, 9.17) is 4.74 Å². The standard InChI is InChI=1S/C23H28N2O3/c1-28-20-11-7-10-19(16-20)17-25-21(12-5-6-13-22(25)26)23(27)24-15-14-18-8-3-2-4-9-18/h2-4,7-11,16,21H,5-6,12-15,17H2,1H3,(H,24,27). The number of rotatable bonds is 7. The van der Waals surface area contributed by atoms with Crippen LogP contribution in [0.25, 0.3) is 0 Å². The summed E-state index contributed by atoms with van der Waals surface area (Å²) in [7, 11) is 1.62. The van der Waals surface area contributed by atoms with Crippen LogP contribution in [0.15, 0.2) is 54.6 Å². The van der Waals surface area contributed by atoms with Gasteiger partial charge in [-0.15, -0.1) is 0 Å². The van der Waals surface area contributed by atoms with Gasteiger partial charge in [0.15, 0.2) is 0 Å². The van der Waals surface area contributed by atoms with E-state index in [2.05, 4.69) is 17.4 Å². The van der Waals surface area contributed by atoms with Gasteiger partial charge in [0.25, 0.3) is 0 Å². The van der Waals surface area contributed by atoms with Gasteiger partial charge in [0.2, 0.25) is 11.8 Å². The molecule has 2 amide bonds. The van der Waals surface area contributed by atoms with Crippen molar-refractivity contribution in [2.45, 2.75) is 44.7 Å². The van der Waals surface area contributed by atoms with Gasteiger partial charge in [-0.3, -0.25) is 9.59 Å². The molecular weight excluding hydrogens is 352 g/mol. The summed E-state index contributed by atoms with van der Waals surface area (Å²) in [5.41, 5.74) is 2.16. The molecule has 1 atom stereocenters. The minimum atomic E-state index is -0.419. The maximum Gasteiger partial charge on any atom is 0.242 e. The first kappa shape index (κ1) is 19.9. The Morgan fingerprint density at radius 3 is 2.68 bits per heavy atom. The van der Waals surface area contributed by atoms with Gasteiger partial charge in [0, 0.05) is 19.5 Å². The normalized spacial score (nSPS) is 17.1. The first-order valence-corrected chi connectivity index (χ1v) is 9.91. The molecule has 1 N–H and O–H groups in total. The number of ether oxygens (including phenoxy) is 1. The van der Waals surface area contributed by atoms with Crippen LogP contribution in [0.2, 0.25) is 0 Å². The molecule has 2 aromatic carbocycles. The van der Waals surface area contributed by atoms with E-state index in [9.17, 15) is 9.59 Å². The number of hydrogen-bond acceptors (Lipinski definition) is 3. The Morgan fingerprint density at radius 1 is 1.11 bits per heavy atom. The largest absolute Gasteiger partial charge is 0.497 e. The molecule has 0 aliphatic carbocycles. The maximum atomic E-state index is 12.9. The summed E-state index contributed by atoms with van der Waals surface area (Å²) in [6, 6.07) is 17.3. The third-order valence-corrected chi connectivity index (χ3v) is 5.16. The van der Waals surface area contributed by atoms with E-state index in [1.54, 1.807) is 12.0 Å². The zero-order valence-corrected chi connectivity index (χ0v) is 16.4. The zero-order chi connectivity index (χ0) is 19.8. The van der Waals surface area contributed by atoms with Gasteiger partial charge in [-0.2, -0.15) is 0 Å². The van der Waals surface area contributed by atoms with Gasteiger partial charge in [-0.05, 0) is 42.5 Å². The first-order chi connectivity index (χ1) is 13.7. The topological polar surface area (TPSA) is 58.6 Å². The number of benzene rings is 2. The molecule has 1 heterocycles. The van der Waals surface area contributed by atoms with Crippen LogP contribution in [-0.4, -0.2) is 36.4 Å². The second kappa shape index (κ2) is 9.93. The van der Waals surface area contributed by atoms with Crippen molar-refractivity contribution in [1.29, 1.82) is 0 Å². The molecule has 0 saturated carbocycles. The number of carbonyl (C=O) groups excluding carboxylic acids is 2. The molecule has 0 aromatic heterocycles. The first-order valence-electron chi connectivity index (χ1n) is 9.91. The molecule has 1 aliphatic rings. The van der Waals surface area contributed by atoms with E-state index in [-0.39, 0.29) is 11.8 Å². The zero-order valence-electron chi connectivity index (χ0n) is 16.4. The Bertz CT molecular complexity index is 791. The Labute approximate surface area is 166 Å². The molecule has 3 rings (SSSR count). The fourth-order valence-corrected chi connectivity index (χ4v) is 3.62. The van der Waals surface area contributed by atoms with E-state index in [1.807, 2.05) is 42.5 Å². The maximum absolute atomic E-state index is 12.9. The molecule has 1 aliphatic heterocycles. The lowest BCUT2D eigenvalue weighted by Crippen LogP contribution is -2.48. The molecule has 0 bridgehead atoms. The third-order valence-electron chi connectivity index (χ3n) is 5.16. The second-order valence-corrected chi connectivity index (χ2v) is 7.16. The van der Waals surface area contributed by atoms with Crippen molar-refractivity contribution < 1.29 is 14.3 Å². The highest BCUT2D eigenvalue weighted by Gasteiger charge is 2.31. The van der Waals surface area contributed by atoms with E-state index in [0.29, 0.717) is 25.9 Å². The van der Waals surface area contributed by atoms with Crippen molar-refractivity contribution in [3.63, 3.8) is 0 Å². The van der Waals surface area contributed by atoms with Gasteiger partial charge in [-0.1, -0.05) is 48.9 Å². The SMILES string of the molecule is COc1cccc(CN2C(=O)CCCCC2C(=O)NCCc2ccccc2)c1. The number of nitrogens with zero attached hydrogens (tertiary/aromatic N) is 1. The number of carbonyl (C=O) groups is 2. The molecule has 148 valence electrons. The van der Waals surface area contributed by atoms with Crippen LogP contribution in [0.3, 0.4) is 0 Å². The minimum absolute atomic E-state index is 0.0449. The molecule has 1 fully saturated rings. The fourth-order valence-electron chi connectivity index (χ4n) is 3.62. The summed E-state index contributed by atoms with van der Waals surface area (Å²) in [6.07, 6.45) is 3.70. The summed E-state index contributed by atoms with van der Waals surface area (Å²) in [5, 5.41) is 3.03. The lowest BCUT2D eigenvalue weighted by atomic mass is 10.1. The van der Waals surface area contributed by atoms with E-state index in [0.717, 1.165) is 30.6 Å². The van der Waals surface area contributed by atoms with Crippen LogP contribution in [0.5, 0.6) is 5.75 Å². The van der Waals surface area contributed by atoms with Crippen LogP contribution in [0.1, 0.15) is 36.8 Å². The van der Waals surface area contributed by atoms with Gasteiger partial charge in [0.1, 0.15) is 11.8 Å². The Morgan fingerprint density at radius 2 is 1.89 bits per heavy atom. The van der Waals surface area contributed by atoms with E-state index >= 15 is 0 Å². The molecule has 0 spiro atoms. The molecule has 28 heavy (non-hydrogen) atoms. The summed E-state index contributed by atoms with van der Waals surface area (Å²) < 4.78 is 5.28.